The highest BCUT2D eigenvalue weighted by atomic mass is 19.3. The second-order valence-electron chi connectivity index (χ2n) is 7.47. The fourth-order valence-corrected chi connectivity index (χ4v) is 3.05. The molecule has 1 amide bonds. The van der Waals surface area contributed by atoms with E-state index >= 15 is 0 Å². The molecule has 3 rings (SSSR count). The van der Waals surface area contributed by atoms with Crippen molar-refractivity contribution in [3.63, 3.8) is 0 Å². The summed E-state index contributed by atoms with van der Waals surface area (Å²) in [5, 5.41) is 11.7. The average Bonchev–Trinajstić information content (AvgIpc) is 3.45. The Morgan fingerprint density at radius 1 is 1.39 bits per heavy atom. The molecule has 2 aliphatic rings. The minimum absolute atomic E-state index is 0.0205. The van der Waals surface area contributed by atoms with Crippen LogP contribution in [0.3, 0.4) is 0 Å². The lowest BCUT2D eigenvalue weighted by Crippen LogP contribution is -2.57. The summed E-state index contributed by atoms with van der Waals surface area (Å²) in [4.78, 5) is 29.3. The number of carboxylic acids is 1. The summed E-state index contributed by atoms with van der Waals surface area (Å²) in [5.41, 5.74) is 0.347. The second-order valence-corrected chi connectivity index (χ2v) is 7.47. The van der Waals surface area contributed by atoms with Gasteiger partial charge in [-0.15, -0.1) is 0 Å². The normalized spacial score (nSPS) is 18.9. The lowest BCUT2D eigenvalue weighted by Gasteiger charge is -2.40. The molecule has 1 aromatic rings. The van der Waals surface area contributed by atoms with Crippen molar-refractivity contribution in [3.8, 4) is 5.88 Å². The van der Waals surface area contributed by atoms with Gasteiger partial charge in [0.25, 0.3) is 11.8 Å². The molecule has 0 bridgehead atoms. The predicted molar refractivity (Wildman–Crippen MR) is 98.0 cm³/mol. The van der Waals surface area contributed by atoms with Gasteiger partial charge < -0.3 is 20.1 Å². The van der Waals surface area contributed by atoms with Gasteiger partial charge in [-0.2, -0.15) is 0 Å². The van der Waals surface area contributed by atoms with Crippen LogP contribution < -0.4 is 15.0 Å². The van der Waals surface area contributed by atoms with Crippen LogP contribution in [0.4, 0.5) is 14.5 Å². The minimum atomic E-state index is -2.77. The summed E-state index contributed by atoms with van der Waals surface area (Å²) in [6.45, 7) is 1.52. The Morgan fingerprint density at radius 2 is 2.11 bits per heavy atom. The SMILES string of the molecule is CCC(CCNC(=O)c1nc(OCC2CC2)ccc1N1CC(F)(F)C1)C(=O)O. The zero-order valence-corrected chi connectivity index (χ0v) is 15.8. The van der Waals surface area contributed by atoms with Gasteiger partial charge in [0.2, 0.25) is 5.88 Å². The number of alkyl halides is 2. The number of anilines is 1. The van der Waals surface area contributed by atoms with E-state index < -0.39 is 36.8 Å². The zero-order chi connectivity index (χ0) is 20.3. The number of carboxylic acid groups (broad SMARTS) is 1. The highest BCUT2D eigenvalue weighted by molar-refractivity contribution is 5.98. The molecular weight excluding hydrogens is 372 g/mol. The summed E-state index contributed by atoms with van der Waals surface area (Å²) < 4.78 is 32.1. The van der Waals surface area contributed by atoms with Crippen LogP contribution in [0.1, 0.15) is 43.1 Å². The molecule has 9 heteroatoms. The van der Waals surface area contributed by atoms with Gasteiger partial charge in [-0.1, -0.05) is 6.92 Å². The Morgan fingerprint density at radius 3 is 2.68 bits per heavy atom. The largest absolute Gasteiger partial charge is 0.481 e. The quantitative estimate of drug-likeness (QED) is 0.631. The highest BCUT2D eigenvalue weighted by Crippen LogP contribution is 2.34. The number of rotatable bonds is 10. The van der Waals surface area contributed by atoms with E-state index in [1.807, 2.05) is 0 Å². The van der Waals surface area contributed by atoms with Crippen LogP contribution in [0.2, 0.25) is 0 Å². The van der Waals surface area contributed by atoms with Crippen molar-refractivity contribution in [1.29, 1.82) is 0 Å². The van der Waals surface area contributed by atoms with Crippen molar-refractivity contribution in [1.82, 2.24) is 10.3 Å². The van der Waals surface area contributed by atoms with E-state index in [2.05, 4.69) is 10.3 Å². The van der Waals surface area contributed by atoms with Gasteiger partial charge in [0.15, 0.2) is 5.69 Å². The van der Waals surface area contributed by atoms with E-state index in [1.54, 1.807) is 19.1 Å². The number of halogens is 2. The van der Waals surface area contributed by atoms with Gasteiger partial charge in [0, 0.05) is 12.6 Å². The number of pyridine rings is 1. The monoisotopic (exact) mass is 397 g/mol. The summed E-state index contributed by atoms with van der Waals surface area (Å²) in [5.74, 6) is -3.96. The molecule has 28 heavy (non-hydrogen) atoms. The Hall–Kier alpha value is -2.45. The van der Waals surface area contributed by atoms with Crippen LogP contribution in [0.15, 0.2) is 12.1 Å². The van der Waals surface area contributed by atoms with Crippen molar-refractivity contribution >= 4 is 17.6 Å². The molecule has 2 heterocycles. The molecule has 1 atom stereocenters. The maximum atomic E-state index is 13.3. The van der Waals surface area contributed by atoms with Crippen molar-refractivity contribution in [2.45, 2.75) is 38.5 Å². The molecule has 154 valence electrons. The third-order valence-electron chi connectivity index (χ3n) is 5.03. The van der Waals surface area contributed by atoms with Gasteiger partial charge in [0.1, 0.15) is 0 Å². The smallest absolute Gasteiger partial charge is 0.306 e. The van der Waals surface area contributed by atoms with Crippen LogP contribution in [-0.2, 0) is 4.79 Å². The third kappa shape index (κ3) is 5.08. The number of aliphatic carboxylic acids is 1. The predicted octanol–water partition coefficient (Wildman–Crippen LogP) is 2.56. The van der Waals surface area contributed by atoms with E-state index in [0.29, 0.717) is 24.6 Å². The molecule has 2 N–H and O–H groups in total. The molecule has 1 aliphatic carbocycles. The summed E-state index contributed by atoms with van der Waals surface area (Å²) in [6, 6.07) is 3.16. The molecule has 7 nitrogen and oxygen atoms in total. The molecule has 0 aromatic carbocycles. The number of hydrogen-bond acceptors (Lipinski definition) is 5. The number of hydrogen-bond donors (Lipinski definition) is 2. The standard InChI is InChI=1S/C19H25F2N3O4/c1-2-13(18(26)27)7-8-22-17(25)16-14(24-10-19(20,21)11-24)5-6-15(23-16)28-9-12-3-4-12/h5-6,12-13H,2-4,7-11H2,1H3,(H,22,25)(H,26,27). The number of amides is 1. The van der Waals surface area contributed by atoms with Crippen molar-refractivity contribution in [2.75, 3.05) is 31.1 Å². The van der Waals surface area contributed by atoms with Gasteiger partial charge in [-0.3, -0.25) is 9.59 Å². The fourth-order valence-electron chi connectivity index (χ4n) is 3.05. The molecule has 1 unspecified atom stereocenters. The third-order valence-corrected chi connectivity index (χ3v) is 5.03. The number of carbonyl (C=O) groups excluding carboxylic acids is 1. The van der Waals surface area contributed by atoms with Crippen molar-refractivity contribution in [3.05, 3.63) is 17.8 Å². The van der Waals surface area contributed by atoms with Crippen LogP contribution >= 0.6 is 0 Å². The Labute approximate surface area is 162 Å². The highest BCUT2D eigenvalue weighted by Gasteiger charge is 2.45. The lowest BCUT2D eigenvalue weighted by atomic mass is 10.0. The lowest BCUT2D eigenvalue weighted by molar-refractivity contribution is -0.142. The summed E-state index contributed by atoms with van der Waals surface area (Å²) in [7, 11) is 0. The maximum Gasteiger partial charge on any atom is 0.306 e. The van der Waals surface area contributed by atoms with Gasteiger partial charge in [-0.25, -0.2) is 13.8 Å². The molecule has 1 saturated heterocycles. The first kappa shape index (κ1) is 20.3. The first-order valence-corrected chi connectivity index (χ1v) is 9.56. The molecule has 1 aliphatic heterocycles. The van der Waals surface area contributed by atoms with E-state index in [0.717, 1.165) is 12.8 Å². The van der Waals surface area contributed by atoms with Crippen LogP contribution in [-0.4, -0.2) is 54.1 Å². The fraction of sp³-hybridized carbons (Fsp3) is 0.632. The second kappa shape index (κ2) is 8.28. The average molecular weight is 397 g/mol. The number of ether oxygens (including phenoxy) is 1. The Balaban J connectivity index is 1.68. The number of nitrogens with zero attached hydrogens (tertiary/aromatic N) is 2. The first-order chi connectivity index (χ1) is 13.3. The summed E-state index contributed by atoms with van der Waals surface area (Å²) in [6.07, 6.45) is 2.96. The maximum absolute atomic E-state index is 13.3. The number of carbonyl (C=O) groups is 2. The molecule has 1 aromatic heterocycles. The summed E-state index contributed by atoms with van der Waals surface area (Å²) >= 11 is 0. The van der Waals surface area contributed by atoms with Gasteiger partial charge in [-0.05, 0) is 37.7 Å². The molecule has 1 saturated carbocycles. The number of aromatic nitrogens is 1. The molecule has 2 fully saturated rings. The topological polar surface area (TPSA) is 91.8 Å². The minimum Gasteiger partial charge on any atom is -0.481 e. The Kier molecular flexibility index (Phi) is 6.00. The zero-order valence-electron chi connectivity index (χ0n) is 15.8. The van der Waals surface area contributed by atoms with Crippen LogP contribution in [0.5, 0.6) is 5.88 Å². The first-order valence-electron chi connectivity index (χ1n) is 9.56. The molecular formula is C19H25F2N3O4. The van der Waals surface area contributed by atoms with Crippen LogP contribution in [0, 0.1) is 11.8 Å². The van der Waals surface area contributed by atoms with Gasteiger partial charge >= 0.3 is 5.97 Å². The molecule has 0 spiro atoms. The van der Waals surface area contributed by atoms with E-state index in [-0.39, 0.29) is 24.5 Å². The van der Waals surface area contributed by atoms with E-state index in [4.69, 9.17) is 9.84 Å². The Bertz CT molecular complexity index is 732. The van der Waals surface area contributed by atoms with Crippen molar-refractivity contribution < 1.29 is 28.2 Å². The molecule has 0 radical (unpaired) electrons. The van der Waals surface area contributed by atoms with Gasteiger partial charge in [0.05, 0.1) is 31.3 Å². The van der Waals surface area contributed by atoms with E-state index in [9.17, 15) is 18.4 Å². The van der Waals surface area contributed by atoms with E-state index in [1.165, 1.54) is 4.90 Å². The van der Waals surface area contributed by atoms with Crippen molar-refractivity contribution in [2.24, 2.45) is 11.8 Å². The van der Waals surface area contributed by atoms with Crippen LogP contribution in [0.25, 0.3) is 0 Å². The number of nitrogens with one attached hydrogen (secondary N) is 1.